The van der Waals surface area contributed by atoms with Gasteiger partial charge in [-0.3, -0.25) is 4.79 Å². The average molecular weight is 466 g/mol. The smallest absolute Gasteiger partial charge is 0.339 e. The van der Waals surface area contributed by atoms with E-state index < -0.39 is 11.1 Å². The van der Waals surface area contributed by atoms with Crippen molar-refractivity contribution in [3.63, 3.8) is 0 Å². The van der Waals surface area contributed by atoms with Crippen LogP contribution in [-0.2, 0) is 32.2 Å². The first-order valence-electron chi connectivity index (χ1n) is 12.3. The van der Waals surface area contributed by atoms with Gasteiger partial charge in [-0.2, -0.15) is 0 Å². The zero-order chi connectivity index (χ0) is 24.2. The van der Waals surface area contributed by atoms with Gasteiger partial charge in [0.15, 0.2) is 5.60 Å². The number of likely N-dealkylation sites (tertiary alicyclic amines) is 1. The number of amides is 1. The SMILES string of the molecule is CCCCCCC1C(=O)N(Cc2ccc(OC)cc2)C2(COCc3ccccc3)C(=O)OC12C. The molecule has 2 heterocycles. The lowest BCUT2D eigenvalue weighted by Gasteiger charge is -2.54. The number of unbranched alkanes of at least 4 members (excludes halogenated alkanes) is 3. The fourth-order valence-electron chi connectivity index (χ4n) is 5.34. The molecule has 2 saturated heterocycles. The van der Waals surface area contributed by atoms with Crippen molar-refractivity contribution in [2.45, 2.75) is 70.2 Å². The third-order valence-electron chi connectivity index (χ3n) is 7.42. The van der Waals surface area contributed by atoms with Gasteiger partial charge in [-0.1, -0.05) is 75.1 Å². The van der Waals surface area contributed by atoms with Gasteiger partial charge in [0.2, 0.25) is 11.4 Å². The normalized spacial score (nSPS) is 25.6. The highest BCUT2D eigenvalue weighted by atomic mass is 16.6. The standard InChI is InChI=1S/C28H35NO5/c1-4-5-6-10-13-24-25(30)29(18-21-14-16-23(32-3)17-15-21)28(26(31)34-27(24,28)2)20-33-19-22-11-8-7-9-12-22/h7-9,11-12,14-17,24H,4-6,10,13,18-20H2,1-3H3. The van der Waals surface area contributed by atoms with Crippen LogP contribution in [-0.4, -0.2) is 41.6 Å². The minimum atomic E-state index is -1.12. The maximum Gasteiger partial charge on any atom is 0.339 e. The maximum atomic E-state index is 13.8. The molecule has 0 spiro atoms. The number of benzene rings is 2. The molecule has 6 heteroatoms. The Labute approximate surface area is 202 Å². The van der Waals surface area contributed by atoms with E-state index in [1.165, 1.54) is 0 Å². The highest BCUT2D eigenvalue weighted by Gasteiger charge is 2.79. The first-order chi connectivity index (χ1) is 16.5. The number of methoxy groups -OCH3 is 1. The number of rotatable bonds is 12. The van der Waals surface area contributed by atoms with E-state index in [4.69, 9.17) is 14.2 Å². The number of carbonyl (C=O) groups excluding carboxylic acids is 2. The van der Waals surface area contributed by atoms with Crippen molar-refractivity contribution in [3.8, 4) is 5.75 Å². The number of hydrogen-bond donors (Lipinski definition) is 0. The fraction of sp³-hybridized carbons (Fsp3) is 0.500. The van der Waals surface area contributed by atoms with E-state index in [1.54, 1.807) is 12.0 Å². The summed E-state index contributed by atoms with van der Waals surface area (Å²) >= 11 is 0. The fourth-order valence-corrected chi connectivity index (χ4v) is 5.34. The summed E-state index contributed by atoms with van der Waals surface area (Å²) < 4.78 is 17.2. The third-order valence-corrected chi connectivity index (χ3v) is 7.42. The van der Waals surface area contributed by atoms with E-state index >= 15 is 0 Å². The number of nitrogens with zero attached hydrogens (tertiary/aromatic N) is 1. The summed E-state index contributed by atoms with van der Waals surface area (Å²) in [5.41, 5.74) is -0.0502. The molecule has 1 amide bonds. The second-order valence-corrected chi connectivity index (χ2v) is 9.51. The Morgan fingerprint density at radius 3 is 2.35 bits per heavy atom. The van der Waals surface area contributed by atoms with Crippen LogP contribution in [0.3, 0.4) is 0 Å². The van der Waals surface area contributed by atoms with Crippen molar-refractivity contribution >= 4 is 11.9 Å². The molecule has 182 valence electrons. The molecule has 0 N–H and O–H groups in total. The van der Waals surface area contributed by atoms with E-state index in [-0.39, 0.29) is 24.4 Å². The zero-order valence-corrected chi connectivity index (χ0v) is 20.4. The van der Waals surface area contributed by atoms with Crippen LogP contribution in [0.15, 0.2) is 54.6 Å². The van der Waals surface area contributed by atoms with Gasteiger partial charge in [-0.05, 0) is 36.6 Å². The number of carbonyl (C=O) groups is 2. The quantitative estimate of drug-likeness (QED) is 0.330. The van der Waals surface area contributed by atoms with Crippen molar-refractivity contribution in [1.29, 1.82) is 0 Å². The Morgan fingerprint density at radius 1 is 0.971 bits per heavy atom. The van der Waals surface area contributed by atoms with E-state index in [1.807, 2.05) is 61.5 Å². The van der Waals surface area contributed by atoms with Crippen molar-refractivity contribution in [1.82, 2.24) is 4.90 Å². The predicted molar refractivity (Wildman–Crippen MR) is 129 cm³/mol. The molecule has 0 saturated carbocycles. The molecular weight excluding hydrogens is 430 g/mol. The molecule has 0 aromatic heterocycles. The van der Waals surface area contributed by atoms with Gasteiger partial charge < -0.3 is 19.1 Å². The number of esters is 1. The third kappa shape index (κ3) is 4.20. The lowest BCUT2D eigenvalue weighted by atomic mass is 9.70. The summed E-state index contributed by atoms with van der Waals surface area (Å²) in [5, 5.41) is 0. The van der Waals surface area contributed by atoms with Crippen LogP contribution < -0.4 is 4.74 Å². The van der Waals surface area contributed by atoms with Gasteiger partial charge in [0.05, 0.1) is 26.2 Å². The van der Waals surface area contributed by atoms with E-state index in [0.717, 1.165) is 42.6 Å². The molecule has 0 bridgehead atoms. The van der Waals surface area contributed by atoms with Gasteiger partial charge in [0.25, 0.3) is 0 Å². The molecule has 2 aliphatic heterocycles. The minimum absolute atomic E-state index is 0.0241. The van der Waals surface area contributed by atoms with E-state index in [2.05, 4.69) is 6.92 Å². The van der Waals surface area contributed by atoms with E-state index in [0.29, 0.717) is 19.6 Å². The first-order valence-corrected chi connectivity index (χ1v) is 12.3. The summed E-state index contributed by atoms with van der Waals surface area (Å²) in [6.45, 7) is 4.90. The van der Waals surface area contributed by atoms with E-state index in [9.17, 15) is 9.59 Å². The number of hydrogen-bond acceptors (Lipinski definition) is 5. The molecule has 2 fully saturated rings. The van der Waals surface area contributed by atoms with Crippen LogP contribution in [0.1, 0.15) is 57.1 Å². The van der Waals surface area contributed by atoms with Gasteiger partial charge in [0.1, 0.15) is 5.75 Å². The predicted octanol–water partition coefficient (Wildman–Crippen LogP) is 4.90. The Bertz CT molecular complexity index is 992. The van der Waals surface area contributed by atoms with Crippen molar-refractivity contribution in [2.75, 3.05) is 13.7 Å². The second-order valence-electron chi connectivity index (χ2n) is 9.51. The highest BCUT2D eigenvalue weighted by Crippen LogP contribution is 2.56. The van der Waals surface area contributed by atoms with Gasteiger partial charge in [-0.15, -0.1) is 0 Å². The minimum Gasteiger partial charge on any atom is -0.497 e. The summed E-state index contributed by atoms with van der Waals surface area (Å²) in [4.78, 5) is 28.6. The molecule has 3 unspecified atom stereocenters. The largest absolute Gasteiger partial charge is 0.497 e. The highest BCUT2D eigenvalue weighted by molar-refractivity contribution is 6.01. The monoisotopic (exact) mass is 465 g/mol. The van der Waals surface area contributed by atoms with Crippen LogP contribution in [0.4, 0.5) is 0 Å². The van der Waals surface area contributed by atoms with Gasteiger partial charge >= 0.3 is 5.97 Å². The molecule has 2 aromatic carbocycles. The van der Waals surface area contributed by atoms with Gasteiger partial charge in [0, 0.05) is 6.54 Å². The molecule has 6 nitrogen and oxygen atoms in total. The van der Waals surface area contributed by atoms with Crippen LogP contribution in [0.2, 0.25) is 0 Å². The number of fused-ring (bicyclic) bond motifs is 1. The second kappa shape index (κ2) is 10.2. The van der Waals surface area contributed by atoms with Crippen LogP contribution >= 0.6 is 0 Å². The summed E-state index contributed by atoms with van der Waals surface area (Å²) in [5.74, 6) is -0.00955. The molecule has 34 heavy (non-hydrogen) atoms. The molecule has 3 atom stereocenters. The topological polar surface area (TPSA) is 65.1 Å². The van der Waals surface area contributed by atoms with Crippen LogP contribution in [0.25, 0.3) is 0 Å². The summed E-state index contributed by atoms with van der Waals surface area (Å²) in [6.07, 6.45) is 4.99. The molecule has 2 aromatic rings. The summed E-state index contributed by atoms with van der Waals surface area (Å²) in [6, 6.07) is 17.5. The average Bonchev–Trinajstić information content (AvgIpc) is 2.98. The van der Waals surface area contributed by atoms with Crippen molar-refractivity contribution in [2.24, 2.45) is 5.92 Å². The van der Waals surface area contributed by atoms with Crippen LogP contribution in [0.5, 0.6) is 5.75 Å². The molecule has 4 rings (SSSR count). The van der Waals surface area contributed by atoms with Crippen molar-refractivity contribution < 1.29 is 23.8 Å². The Morgan fingerprint density at radius 2 is 1.71 bits per heavy atom. The summed E-state index contributed by atoms with van der Waals surface area (Å²) in [7, 11) is 1.62. The van der Waals surface area contributed by atoms with Crippen LogP contribution in [0, 0.1) is 5.92 Å². The Balaban J connectivity index is 1.59. The Kier molecular flexibility index (Phi) is 7.27. The molecular formula is C28H35NO5. The Hall–Kier alpha value is -2.86. The van der Waals surface area contributed by atoms with Crippen molar-refractivity contribution in [3.05, 3.63) is 65.7 Å². The molecule has 2 aliphatic rings. The number of ether oxygens (including phenoxy) is 3. The first kappa shape index (κ1) is 24.3. The molecule has 0 aliphatic carbocycles. The lowest BCUT2D eigenvalue weighted by molar-refractivity contribution is -0.243. The maximum absolute atomic E-state index is 13.8. The molecule has 0 radical (unpaired) electrons. The zero-order valence-electron chi connectivity index (χ0n) is 20.4. The lowest BCUT2D eigenvalue weighted by Crippen LogP contribution is -2.76. The van der Waals surface area contributed by atoms with Gasteiger partial charge in [-0.25, -0.2) is 4.79 Å².